The maximum absolute atomic E-state index is 13.2. The van der Waals surface area contributed by atoms with Crippen LogP contribution in [-0.4, -0.2) is 62.9 Å². The van der Waals surface area contributed by atoms with Gasteiger partial charge in [-0.05, 0) is 44.5 Å². The fourth-order valence-corrected chi connectivity index (χ4v) is 4.68. The normalized spacial score (nSPS) is 21.0. The van der Waals surface area contributed by atoms with Gasteiger partial charge in [-0.3, -0.25) is 4.79 Å². The summed E-state index contributed by atoms with van der Waals surface area (Å²) in [5.41, 5.74) is 3.57. The van der Waals surface area contributed by atoms with Crippen LogP contribution in [-0.2, 0) is 11.3 Å². The number of aromatic amines is 1. The van der Waals surface area contributed by atoms with Crippen molar-refractivity contribution >= 4 is 11.8 Å². The highest BCUT2D eigenvalue weighted by Gasteiger charge is 2.34. The van der Waals surface area contributed by atoms with E-state index >= 15 is 0 Å². The van der Waals surface area contributed by atoms with Crippen molar-refractivity contribution in [3.05, 3.63) is 46.3 Å². The predicted octanol–water partition coefficient (Wildman–Crippen LogP) is -0.298. The lowest BCUT2D eigenvalue weighted by atomic mass is 10.0. The van der Waals surface area contributed by atoms with Crippen molar-refractivity contribution in [2.75, 3.05) is 40.1 Å². The second-order valence-electron chi connectivity index (χ2n) is 8.48. The molecule has 1 aromatic carbocycles. The smallest absolute Gasteiger partial charge is 0.339 e. The minimum absolute atomic E-state index is 0.0463. The first-order valence-electron chi connectivity index (χ1n) is 10.8. The number of ether oxygens (including phenoxy) is 3. The molecular weight excluding hydrogens is 398 g/mol. The Kier molecular flexibility index (Phi) is 6.02. The molecule has 166 valence electrons. The molecule has 1 fully saturated rings. The molecule has 8 nitrogen and oxygen atoms in total. The largest absolute Gasteiger partial charge is 0.465 e. The van der Waals surface area contributed by atoms with Crippen LogP contribution in [0.2, 0.25) is 0 Å². The van der Waals surface area contributed by atoms with E-state index in [4.69, 9.17) is 14.2 Å². The number of aromatic nitrogens is 1. The lowest BCUT2D eigenvalue weighted by Crippen LogP contribution is -3.29. The SMILES string of the molecule is COC(=O)c1c(C)[nH]c(C(=O)[C@H](C)[NH+]2CC[NH+](Cc3ccc4c(c3)OCO4)CC2)c1C. The van der Waals surface area contributed by atoms with Crippen molar-refractivity contribution in [1.82, 2.24) is 4.98 Å². The van der Waals surface area contributed by atoms with Crippen LogP contribution in [0.1, 0.15) is 44.6 Å². The molecule has 2 aliphatic heterocycles. The van der Waals surface area contributed by atoms with Crippen LogP contribution in [0.3, 0.4) is 0 Å². The number of esters is 1. The third kappa shape index (κ3) is 4.18. The standard InChI is InChI=1S/C23H29N3O5/c1-14-20(23(28)29-4)15(2)24-21(14)22(27)16(3)26-9-7-25(8-10-26)12-17-5-6-18-19(11-17)31-13-30-18/h5-6,11,16,24H,7-10,12-13H2,1-4H3/p+2/t16-/m0/s1. The van der Waals surface area contributed by atoms with Gasteiger partial charge >= 0.3 is 5.97 Å². The van der Waals surface area contributed by atoms with Crippen molar-refractivity contribution in [1.29, 1.82) is 0 Å². The highest BCUT2D eigenvalue weighted by atomic mass is 16.7. The highest BCUT2D eigenvalue weighted by molar-refractivity contribution is 6.03. The molecule has 0 radical (unpaired) electrons. The number of Topliss-reactive ketones (excluding diaryl/α,β-unsaturated/α-hetero) is 1. The molecule has 4 rings (SSSR count). The number of piperazine rings is 1. The number of hydrogen-bond donors (Lipinski definition) is 3. The van der Waals surface area contributed by atoms with Gasteiger partial charge in [0, 0.05) is 11.3 Å². The summed E-state index contributed by atoms with van der Waals surface area (Å²) in [5, 5.41) is 0. The van der Waals surface area contributed by atoms with Crippen LogP contribution in [0, 0.1) is 13.8 Å². The highest BCUT2D eigenvalue weighted by Crippen LogP contribution is 2.32. The minimum atomic E-state index is -0.411. The van der Waals surface area contributed by atoms with Gasteiger partial charge in [0.25, 0.3) is 0 Å². The zero-order chi connectivity index (χ0) is 22.1. The van der Waals surface area contributed by atoms with E-state index in [0.29, 0.717) is 29.3 Å². The number of quaternary nitrogens is 2. The Hall–Kier alpha value is -2.84. The molecule has 0 bridgehead atoms. The van der Waals surface area contributed by atoms with Crippen LogP contribution >= 0.6 is 0 Å². The molecule has 0 spiro atoms. The fraction of sp³-hybridized carbons (Fsp3) is 0.478. The third-order valence-electron chi connectivity index (χ3n) is 6.57. The Balaban J connectivity index is 1.36. The summed E-state index contributed by atoms with van der Waals surface area (Å²) < 4.78 is 15.7. The number of rotatable bonds is 6. The summed E-state index contributed by atoms with van der Waals surface area (Å²) >= 11 is 0. The van der Waals surface area contributed by atoms with Crippen molar-refractivity contribution in [3.63, 3.8) is 0 Å². The first kappa shape index (κ1) is 21.4. The van der Waals surface area contributed by atoms with Crippen LogP contribution in [0.25, 0.3) is 0 Å². The molecule has 2 aliphatic rings. The maximum Gasteiger partial charge on any atom is 0.339 e. The van der Waals surface area contributed by atoms with Gasteiger partial charge in [0.1, 0.15) is 32.7 Å². The van der Waals surface area contributed by atoms with Crippen molar-refractivity contribution < 1.29 is 33.6 Å². The predicted molar refractivity (Wildman–Crippen MR) is 113 cm³/mol. The maximum atomic E-state index is 13.2. The molecule has 1 aromatic heterocycles. The molecule has 0 unspecified atom stereocenters. The van der Waals surface area contributed by atoms with Crippen LogP contribution in [0.4, 0.5) is 0 Å². The zero-order valence-electron chi connectivity index (χ0n) is 18.6. The Bertz CT molecular complexity index is 991. The Labute approximate surface area is 182 Å². The van der Waals surface area contributed by atoms with Gasteiger partial charge < -0.3 is 29.0 Å². The van der Waals surface area contributed by atoms with E-state index in [1.165, 1.54) is 22.5 Å². The Morgan fingerprint density at radius 2 is 1.84 bits per heavy atom. The first-order valence-corrected chi connectivity index (χ1v) is 10.8. The molecule has 0 aliphatic carbocycles. The summed E-state index contributed by atoms with van der Waals surface area (Å²) in [5.74, 6) is 1.27. The Morgan fingerprint density at radius 1 is 1.13 bits per heavy atom. The molecule has 8 heteroatoms. The molecule has 3 N–H and O–H groups in total. The van der Waals surface area contributed by atoms with Crippen molar-refractivity contribution in [3.8, 4) is 11.5 Å². The number of benzene rings is 1. The summed E-state index contributed by atoms with van der Waals surface area (Å²) in [6, 6.07) is 5.97. The quantitative estimate of drug-likeness (QED) is 0.434. The van der Waals surface area contributed by atoms with Crippen LogP contribution < -0.4 is 19.3 Å². The number of fused-ring (bicyclic) bond motifs is 1. The summed E-state index contributed by atoms with van der Waals surface area (Å²) in [4.78, 5) is 31.1. The first-order chi connectivity index (χ1) is 14.9. The van der Waals surface area contributed by atoms with Gasteiger partial charge in [-0.2, -0.15) is 0 Å². The molecule has 31 heavy (non-hydrogen) atoms. The number of hydrogen-bond acceptors (Lipinski definition) is 5. The molecule has 2 aromatic rings. The Morgan fingerprint density at radius 3 is 2.55 bits per heavy atom. The molecule has 0 amide bonds. The number of H-pyrrole nitrogens is 1. The number of nitrogens with one attached hydrogen (secondary N) is 3. The van der Waals surface area contributed by atoms with Gasteiger partial charge in [0.05, 0.1) is 18.4 Å². The average molecular weight is 430 g/mol. The summed E-state index contributed by atoms with van der Waals surface area (Å²) in [7, 11) is 1.36. The van der Waals surface area contributed by atoms with Gasteiger partial charge in [-0.15, -0.1) is 0 Å². The zero-order valence-corrected chi connectivity index (χ0v) is 18.6. The van der Waals surface area contributed by atoms with Gasteiger partial charge in [-0.25, -0.2) is 4.79 Å². The molecule has 1 saturated heterocycles. The van der Waals surface area contributed by atoms with Gasteiger partial charge in [0.2, 0.25) is 12.6 Å². The van der Waals surface area contributed by atoms with Crippen LogP contribution in [0.15, 0.2) is 18.2 Å². The molecular formula is C23H31N3O5+2. The lowest BCUT2D eigenvalue weighted by molar-refractivity contribution is -1.02. The summed E-state index contributed by atoms with van der Waals surface area (Å²) in [6.07, 6.45) is 0. The minimum Gasteiger partial charge on any atom is -0.465 e. The third-order valence-corrected chi connectivity index (χ3v) is 6.57. The van der Waals surface area contributed by atoms with E-state index in [9.17, 15) is 9.59 Å². The summed E-state index contributed by atoms with van der Waals surface area (Å²) in [6.45, 7) is 10.7. The number of aryl methyl sites for hydroxylation is 1. The average Bonchev–Trinajstić information content (AvgIpc) is 3.36. The lowest BCUT2D eigenvalue weighted by Gasteiger charge is -2.32. The van der Waals surface area contributed by atoms with Gasteiger partial charge in [-0.1, -0.05) is 0 Å². The second-order valence-corrected chi connectivity index (χ2v) is 8.48. The van der Waals surface area contributed by atoms with Crippen LogP contribution in [0.5, 0.6) is 11.5 Å². The number of carbonyl (C=O) groups is 2. The number of methoxy groups -OCH3 is 1. The van der Waals surface area contributed by atoms with E-state index in [-0.39, 0.29) is 11.8 Å². The topological polar surface area (TPSA) is 86.5 Å². The molecule has 0 saturated carbocycles. The molecule has 3 heterocycles. The number of ketones is 1. The second kappa shape index (κ2) is 8.72. The van der Waals surface area contributed by atoms with E-state index in [2.05, 4.69) is 17.1 Å². The van der Waals surface area contributed by atoms with E-state index in [1.807, 2.05) is 13.0 Å². The van der Waals surface area contributed by atoms with E-state index in [0.717, 1.165) is 44.2 Å². The molecule has 1 atom stereocenters. The number of carbonyl (C=O) groups excluding carboxylic acids is 2. The monoisotopic (exact) mass is 429 g/mol. The van der Waals surface area contributed by atoms with E-state index in [1.54, 1.807) is 13.8 Å². The van der Waals surface area contributed by atoms with Crippen molar-refractivity contribution in [2.45, 2.75) is 33.4 Å². The fourth-order valence-electron chi connectivity index (χ4n) is 4.68. The van der Waals surface area contributed by atoms with E-state index < -0.39 is 5.97 Å². The van der Waals surface area contributed by atoms with Gasteiger partial charge in [0.15, 0.2) is 17.5 Å². The van der Waals surface area contributed by atoms with Crippen molar-refractivity contribution in [2.24, 2.45) is 0 Å².